The summed E-state index contributed by atoms with van der Waals surface area (Å²) >= 11 is 0. The highest BCUT2D eigenvalue weighted by Crippen LogP contribution is 2.19. The second-order valence-electron chi connectivity index (χ2n) is 5.14. The summed E-state index contributed by atoms with van der Waals surface area (Å²) in [5, 5.41) is 12.5. The number of rotatable bonds is 7. The second kappa shape index (κ2) is 7.61. The van der Waals surface area contributed by atoms with Crippen LogP contribution in [0.15, 0.2) is 48.5 Å². The molecule has 2 aromatic rings. The fraction of sp³-hybridized carbons (Fsp3) is 0.278. The van der Waals surface area contributed by atoms with Crippen molar-refractivity contribution in [1.29, 1.82) is 0 Å². The zero-order valence-electron chi connectivity index (χ0n) is 12.9. The fourth-order valence-corrected chi connectivity index (χ4v) is 2.20. The van der Waals surface area contributed by atoms with E-state index in [2.05, 4.69) is 5.32 Å². The number of benzene rings is 2. The third-order valence-electron chi connectivity index (χ3n) is 3.40. The van der Waals surface area contributed by atoms with Crippen LogP contribution in [0.2, 0.25) is 0 Å². The highest BCUT2D eigenvalue weighted by molar-refractivity contribution is 5.75. The molecule has 0 saturated heterocycles. The molecule has 0 saturated carbocycles. The van der Waals surface area contributed by atoms with Gasteiger partial charge in [0.1, 0.15) is 11.8 Å². The third kappa shape index (κ3) is 4.33. The maximum absolute atomic E-state index is 11.5. The highest BCUT2D eigenvalue weighted by Gasteiger charge is 2.19. The second-order valence-corrected chi connectivity index (χ2v) is 5.14. The molecule has 0 spiro atoms. The third-order valence-corrected chi connectivity index (χ3v) is 3.40. The Labute approximate surface area is 130 Å². The van der Waals surface area contributed by atoms with Gasteiger partial charge in [-0.25, -0.2) is 0 Å². The number of carbonyl (C=O) groups is 1. The summed E-state index contributed by atoms with van der Waals surface area (Å²) in [4.78, 5) is 11.5. The van der Waals surface area contributed by atoms with Crippen molar-refractivity contribution < 1.29 is 14.6 Å². The minimum Gasteiger partial charge on any atom is -0.494 e. The molecule has 0 aliphatic carbocycles. The summed E-state index contributed by atoms with van der Waals surface area (Å²) in [6.07, 6.45) is 0. The van der Waals surface area contributed by atoms with Crippen molar-refractivity contribution in [3.05, 3.63) is 65.2 Å². The Balaban J connectivity index is 2.06. The number of nitrogens with one attached hydrogen (secondary N) is 1. The van der Waals surface area contributed by atoms with E-state index in [-0.39, 0.29) is 0 Å². The van der Waals surface area contributed by atoms with E-state index in [1.165, 1.54) is 5.56 Å². The van der Waals surface area contributed by atoms with Crippen LogP contribution in [0.3, 0.4) is 0 Å². The van der Waals surface area contributed by atoms with Crippen molar-refractivity contribution in [3.8, 4) is 5.75 Å². The number of carboxylic acid groups (broad SMARTS) is 1. The van der Waals surface area contributed by atoms with Crippen molar-refractivity contribution >= 4 is 5.97 Å². The van der Waals surface area contributed by atoms with E-state index in [1.54, 1.807) is 24.3 Å². The molecule has 22 heavy (non-hydrogen) atoms. The van der Waals surface area contributed by atoms with Gasteiger partial charge >= 0.3 is 5.97 Å². The Morgan fingerprint density at radius 2 is 1.77 bits per heavy atom. The zero-order chi connectivity index (χ0) is 15.9. The highest BCUT2D eigenvalue weighted by atomic mass is 16.5. The number of ether oxygens (including phenoxy) is 1. The quantitative estimate of drug-likeness (QED) is 0.823. The molecule has 4 heteroatoms. The molecule has 2 rings (SSSR count). The molecule has 2 N–H and O–H groups in total. The number of hydrogen-bond donors (Lipinski definition) is 2. The Morgan fingerprint density at radius 1 is 1.14 bits per heavy atom. The van der Waals surface area contributed by atoms with Gasteiger partial charge in [-0.1, -0.05) is 42.0 Å². The van der Waals surface area contributed by atoms with Gasteiger partial charge in [-0.2, -0.15) is 0 Å². The van der Waals surface area contributed by atoms with E-state index in [9.17, 15) is 9.90 Å². The Morgan fingerprint density at radius 3 is 2.32 bits per heavy atom. The van der Waals surface area contributed by atoms with Crippen LogP contribution in [0.4, 0.5) is 0 Å². The molecule has 0 radical (unpaired) electrons. The fourth-order valence-electron chi connectivity index (χ4n) is 2.20. The largest absolute Gasteiger partial charge is 0.494 e. The van der Waals surface area contributed by atoms with Crippen LogP contribution in [0.5, 0.6) is 5.75 Å². The molecule has 4 nitrogen and oxygen atoms in total. The molecular weight excluding hydrogens is 278 g/mol. The van der Waals surface area contributed by atoms with Gasteiger partial charge in [0.05, 0.1) is 6.61 Å². The lowest BCUT2D eigenvalue weighted by molar-refractivity contribution is -0.139. The number of aliphatic carboxylic acids is 1. The molecule has 1 unspecified atom stereocenters. The van der Waals surface area contributed by atoms with E-state index in [0.717, 1.165) is 11.3 Å². The first-order valence-corrected chi connectivity index (χ1v) is 7.34. The van der Waals surface area contributed by atoms with Gasteiger partial charge in [0.15, 0.2) is 0 Å². The van der Waals surface area contributed by atoms with Crippen molar-refractivity contribution in [2.45, 2.75) is 26.4 Å². The van der Waals surface area contributed by atoms with Gasteiger partial charge in [0.2, 0.25) is 0 Å². The molecule has 0 aliphatic heterocycles. The molecule has 0 fully saturated rings. The minimum absolute atomic E-state index is 0.504. The molecule has 0 heterocycles. The van der Waals surface area contributed by atoms with Gasteiger partial charge in [0, 0.05) is 6.54 Å². The molecular formula is C18H21NO3. The summed E-state index contributed by atoms with van der Waals surface area (Å²) in [5.41, 5.74) is 2.95. The van der Waals surface area contributed by atoms with E-state index in [0.29, 0.717) is 18.7 Å². The summed E-state index contributed by atoms with van der Waals surface area (Å²) < 4.78 is 5.37. The number of carboxylic acids is 1. The van der Waals surface area contributed by atoms with E-state index in [1.807, 2.05) is 38.1 Å². The van der Waals surface area contributed by atoms with Crippen LogP contribution in [0, 0.1) is 6.92 Å². The lowest BCUT2D eigenvalue weighted by Crippen LogP contribution is -2.28. The number of aryl methyl sites for hydroxylation is 1. The normalized spacial score (nSPS) is 11.9. The Kier molecular flexibility index (Phi) is 5.55. The van der Waals surface area contributed by atoms with Crippen molar-refractivity contribution in [3.63, 3.8) is 0 Å². The van der Waals surface area contributed by atoms with E-state index in [4.69, 9.17) is 4.74 Å². The average molecular weight is 299 g/mol. The van der Waals surface area contributed by atoms with Crippen LogP contribution in [0.25, 0.3) is 0 Å². The smallest absolute Gasteiger partial charge is 0.325 e. The summed E-state index contributed by atoms with van der Waals surface area (Å²) in [6, 6.07) is 14.5. The molecule has 0 bridgehead atoms. The molecule has 1 atom stereocenters. The van der Waals surface area contributed by atoms with Crippen molar-refractivity contribution in [2.24, 2.45) is 0 Å². The zero-order valence-corrected chi connectivity index (χ0v) is 12.9. The van der Waals surface area contributed by atoms with Gasteiger partial charge < -0.3 is 9.84 Å². The first-order chi connectivity index (χ1) is 10.6. The van der Waals surface area contributed by atoms with Crippen LogP contribution in [-0.2, 0) is 11.3 Å². The molecule has 0 amide bonds. The van der Waals surface area contributed by atoms with Crippen LogP contribution in [0.1, 0.15) is 29.7 Å². The van der Waals surface area contributed by atoms with Gasteiger partial charge in [-0.05, 0) is 37.1 Å². The minimum atomic E-state index is -0.892. The Bertz CT molecular complexity index is 605. The van der Waals surface area contributed by atoms with Crippen molar-refractivity contribution in [2.75, 3.05) is 6.61 Å². The molecule has 0 aliphatic rings. The summed E-state index contributed by atoms with van der Waals surface area (Å²) in [7, 11) is 0. The SMILES string of the molecule is CCOc1ccc(C(NCc2ccc(C)cc2)C(=O)O)cc1. The van der Waals surface area contributed by atoms with Gasteiger partial charge in [-0.15, -0.1) is 0 Å². The van der Waals surface area contributed by atoms with Crippen molar-refractivity contribution in [1.82, 2.24) is 5.32 Å². The molecule has 0 aromatic heterocycles. The van der Waals surface area contributed by atoms with E-state index < -0.39 is 12.0 Å². The lowest BCUT2D eigenvalue weighted by Gasteiger charge is -2.15. The predicted octanol–water partition coefficient (Wildman–Crippen LogP) is 3.31. The first-order valence-electron chi connectivity index (χ1n) is 7.34. The maximum Gasteiger partial charge on any atom is 0.325 e. The Hall–Kier alpha value is -2.33. The van der Waals surface area contributed by atoms with E-state index >= 15 is 0 Å². The van der Waals surface area contributed by atoms with Crippen LogP contribution >= 0.6 is 0 Å². The monoisotopic (exact) mass is 299 g/mol. The lowest BCUT2D eigenvalue weighted by atomic mass is 10.1. The van der Waals surface area contributed by atoms with Crippen LogP contribution < -0.4 is 10.1 Å². The average Bonchev–Trinajstić information content (AvgIpc) is 2.51. The predicted molar refractivity (Wildman–Crippen MR) is 86.0 cm³/mol. The topological polar surface area (TPSA) is 58.6 Å². The molecule has 116 valence electrons. The van der Waals surface area contributed by atoms with Gasteiger partial charge in [0.25, 0.3) is 0 Å². The number of hydrogen-bond acceptors (Lipinski definition) is 3. The van der Waals surface area contributed by atoms with Crippen LogP contribution in [-0.4, -0.2) is 17.7 Å². The summed E-state index contributed by atoms with van der Waals surface area (Å²) in [6.45, 7) is 5.03. The molecule has 2 aromatic carbocycles. The van der Waals surface area contributed by atoms with Gasteiger partial charge in [-0.3, -0.25) is 10.1 Å². The summed E-state index contributed by atoms with van der Waals surface area (Å²) in [5.74, 6) is -0.148. The first kappa shape index (κ1) is 16.0. The standard InChI is InChI=1S/C18H21NO3/c1-3-22-16-10-8-15(9-11-16)17(18(20)21)19-12-14-6-4-13(2)5-7-14/h4-11,17,19H,3,12H2,1-2H3,(H,20,21). The maximum atomic E-state index is 11.5.